The topological polar surface area (TPSA) is 74.2 Å². The molecule has 1 fully saturated rings. The summed E-state index contributed by atoms with van der Waals surface area (Å²) in [7, 11) is 0. The summed E-state index contributed by atoms with van der Waals surface area (Å²) in [4.78, 5) is 14.2. The fourth-order valence-corrected chi connectivity index (χ4v) is 2.95. The van der Waals surface area contributed by atoms with E-state index in [-0.39, 0.29) is 5.91 Å². The van der Waals surface area contributed by atoms with Crippen molar-refractivity contribution in [2.45, 2.75) is 32.2 Å². The summed E-state index contributed by atoms with van der Waals surface area (Å²) in [5.74, 6) is 1.23. The first kappa shape index (κ1) is 14.8. The van der Waals surface area contributed by atoms with Gasteiger partial charge in [-0.3, -0.25) is 14.8 Å². The quantitative estimate of drug-likeness (QED) is 0.883. The van der Waals surface area contributed by atoms with Crippen molar-refractivity contribution in [3.8, 4) is 0 Å². The Morgan fingerprint density at radius 3 is 3.23 bits per heavy atom. The molecule has 0 spiro atoms. The van der Waals surface area contributed by atoms with E-state index in [2.05, 4.69) is 26.5 Å². The molecular weight excluding hydrogens is 280 g/mol. The van der Waals surface area contributed by atoms with Gasteiger partial charge in [0.2, 0.25) is 5.91 Å². The van der Waals surface area contributed by atoms with E-state index < -0.39 is 0 Å². The number of furan rings is 1. The molecule has 118 valence electrons. The average molecular weight is 302 g/mol. The third-order valence-corrected chi connectivity index (χ3v) is 4.06. The number of likely N-dealkylation sites (tertiary alicyclic amines) is 1. The smallest absolute Gasteiger partial charge is 0.234 e. The number of carbonyl (C=O) groups excluding carboxylic acids is 1. The van der Waals surface area contributed by atoms with E-state index in [1.165, 1.54) is 0 Å². The Labute approximate surface area is 129 Å². The van der Waals surface area contributed by atoms with Crippen molar-refractivity contribution in [2.24, 2.45) is 0 Å². The number of hydrogen-bond donors (Lipinski definition) is 2. The first-order valence-corrected chi connectivity index (χ1v) is 7.74. The highest BCUT2D eigenvalue weighted by atomic mass is 16.3. The summed E-state index contributed by atoms with van der Waals surface area (Å²) in [5, 5.41) is 10.3. The summed E-state index contributed by atoms with van der Waals surface area (Å²) >= 11 is 0. The van der Waals surface area contributed by atoms with Crippen molar-refractivity contribution >= 4 is 5.91 Å². The number of aromatic nitrogens is 2. The van der Waals surface area contributed by atoms with Gasteiger partial charge in [0.05, 0.1) is 25.0 Å². The van der Waals surface area contributed by atoms with Crippen molar-refractivity contribution in [3.63, 3.8) is 0 Å². The van der Waals surface area contributed by atoms with E-state index in [9.17, 15) is 4.79 Å². The van der Waals surface area contributed by atoms with Gasteiger partial charge in [0.15, 0.2) is 0 Å². The molecule has 6 heteroatoms. The lowest BCUT2D eigenvalue weighted by molar-refractivity contribution is -0.122. The molecule has 0 bridgehead atoms. The van der Waals surface area contributed by atoms with Gasteiger partial charge in [-0.1, -0.05) is 0 Å². The number of H-pyrrole nitrogens is 1. The molecule has 2 aromatic rings. The molecule has 1 atom stereocenters. The van der Waals surface area contributed by atoms with Gasteiger partial charge in [-0.05, 0) is 44.5 Å². The predicted octanol–water partition coefficient (Wildman–Crippen LogP) is 1.81. The zero-order valence-electron chi connectivity index (χ0n) is 12.8. The van der Waals surface area contributed by atoms with Crippen LogP contribution >= 0.6 is 0 Å². The number of aromatic amines is 1. The first-order valence-electron chi connectivity index (χ1n) is 7.74. The maximum absolute atomic E-state index is 12.0. The molecule has 0 aromatic carbocycles. The van der Waals surface area contributed by atoms with Crippen LogP contribution in [0.5, 0.6) is 0 Å². The minimum atomic E-state index is 0.0373. The Balaban J connectivity index is 1.48. The Bertz CT molecular complexity index is 605. The first-order chi connectivity index (χ1) is 10.7. The minimum Gasteiger partial charge on any atom is -0.467 e. The standard InChI is InChI=1S/C16H22N4O2/c1-12-8-15(19-18-12)13-4-2-6-20(10-13)11-16(21)17-9-14-5-3-7-22-14/h3,5,7-8,13H,2,4,6,9-11H2,1H3,(H,17,21)(H,18,19)/t13-/m0/s1. The second-order valence-corrected chi connectivity index (χ2v) is 5.91. The predicted molar refractivity (Wildman–Crippen MR) is 82.3 cm³/mol. The number of nitrogens with zero attached hydrogens (tertiary/aromatic N) is 2. The number of hydrogen-bond acceptors (Lipinski definition) is 4. The molecule has 1 aliphatic rings. The summed E-state index contributed by atoms with van der Waals surface area (Å²) in [6, 6.07) is 5.78. The Kier molecular flexibility index (Phi) is 4.58. The molecule has 3 rings (SSSR count). The number of rotatable bonds is 5. The largest absolute Gasteiger partial charge is 0.467 e. The number of carbonyl (C=O) groups is 1. The molecule has 0 saturated carbocycles. The lowest BCUT2D eigenvalue weighted by Gasteiger charge is -2.31. The monoisotopic (exact) mass is 302 g/mol. The van der Waals surface area contributed by atoms with Gasteiger partial charge in [-0.15, -0.1) is 0 Å². The number of nitrogens with one attached hydrogen (secondary N) is 2. The van der Waals surface area contributed by atoms with Crippen LogP contribution in [0.15, 0.2) is 28.9 Å². The Morgan fingerprint density at radius 2 is 2.50 bits per heavy atom. The van der Waals surface area contributed by atoms with E-state index >= 15 is 0 Å². The van der Waals surface area contributed by atoms with Crippen LogP contribution in [-0.2, 0) is 11.3 Å². The van der Waals surface area contributed by atoms with Gasteiger partial charge in [-0.2, -0.15) is 5.10 Å². The van der Waals surface area contributed by atoms with Crippen LogP contribution in [0.25, 0.3) is 0 Å². The lowest BCUT2D eigenvalue weighted by Crippen LogP contribution is -2.41. The fourth-order valence-electron chi connectivity index (χ4n) is 2.95. The highest BCUT2D eigenvalue weighted by Crippen LogP contribution is 2.25. The molecule has 1 amide bonds. The van der Waals surface area contributed by atoms with Crippen molar-refractivity contribution in [1.29, 1.82) is 0 Å². The fraction of sp³-hybridized carbons (Fsp3) is 0.500. The molecule has 2 aromatic heterocycles. The Morgan fingerprint density at radius 1 is 1.59 bits per heavy atom. The summed E-state index contributed by atoms with van der Waals surface area (Å²) in [5.41, 5.74) is 2.20. The molecule has 2 N–H and O–H groups in total. The third kappa shape index (κ3) is 3.76. The second-order valence-electron chi connectivity index (χ2n) is 5.91. The molecule has 22 heavy (non-hydrogen) atoms. The zero-order valence-corrected chi connectivity index (χ0v) is 12.8. The van der Waals surface area contributed by atoms with Crippen LogP contribution in [0.1, 0.15) is 35.9 Å². The SMILES string of the molecule is Cc1cc([C@H]2CCCN(CC(=O)NCc3ccco3)C2)n[nH]1. The van der Waals surface area contributed by atoms with Gasteiger partial charge in [-0.25, -0.2) is 0 Å². The van der Waals surface area contributed by atoms with Crippen molar-refractivity contribution in [1.82, 2.24) is 20.4 Å². The maximum atomic E-state index is 12.0. The molecule has 0 aliphatic carbocycles. The van der Waals surface area contributed by atoms with Crippen LogP contribution in [0.2, 0.25) is 0 Å². The van der Waals surface area contributed by atoms with E-state index in [1.54, 1.807) is 6.26 Å². The normalized spacial score (nSPS) is 19.2. The van der Waals surface area contributed by atoms with Gasteiger partial charge >= 0.3 is 0 Å². The van der Waals surface area contributed by atoms with Crippen LogP contribution in [0.3, 0.4) is 0 Å². The van der Waals surface area contributed by atoms with E-state index in [0.29, 0.717) is 19.0 Å². The molecule has 1 aliphatic heterocycles. The van der Waals surface area contributed by atoms with Gasteiger partial charge < -0.3 is 9.73 Å². The van der Waals surface area contributed by atoms with Crippen LogP contribution in [-0.4, -0.2) is 40.6 Å². The maximum Gasteiger partial charge on any atom is 0.234 e. The number of piperidine rings is 1. The second kappa shape index (κ2) is 6.79. The average Bonchev–Trinajstić information content (AvgIpc) is 3.17. The summed E-state index contributed by atoms with van der Waals surface area (Å²) in [6.45, 7) is 4.74. The number of aryl methyl sites for hydroxylation is 1. The van der Waals surface area contributed by atoms with Crippen molar-refractivity contribution < 1.29 is 9.21 Å². The molecule has 1 saturated heterocycles. The molecule has 6 nitrogen and oxygen atoms in total. The molecule has 0 radical (unpaired) electrons. The summed E-state index contributed by atoms with van der Waals surface area (Å²) in [6.07, 6.45) is 3.85. The lowest BCUT2D eigenvalue weighted by atomic mass is 9.94. The van der Waals surface area contributed by atoms with Crippen LogP contribution in [0.4, 0.5) is 0 Å². The molecular formula is C16H22N4O2. The number of amides is 1. The third-order valence-electron chi connectivity index (χ3n) is 4.06. The van der Waals surface area contributed by atoms with E-state index in [4.69, 9.17) is 4.42 Å². The van der Waals surface area contributed by atoms with Crippen molar-refractivity contribution in [2.75, 3.05) is 19.6 Å². The van der Waals surface area contributed by atoms with E-state index in [1.807, 2.05) is 19.1 Å². The zero-order chi connectivity index (χ0) is 15.4. The Hall–Kier alpha value is -2.08. The van der Waals surface area contributed by atoms with Gasteiger partial charge in [0.25, 0.3) is 0 Å². The van der Waals surface area contributed by atoms with Gasteiger partial charge in [0.1, 0.15) is 5.76 Å². The highest BCUT2D eigenvalue weighted by Gasteiger charge is 2.24. The minimum absolute atomic E-state index is 0.0373. The van der Waals surface area contributed by atoms with Crippen LogP contribution < -0.4 is 5.32 Å². The highest BCUT2D eigenvalue weighted by molar-refractivity contribution is 5.77. The van der Waals surface area contributed by atoms with Crippen molar-refractivity contribution in [3.05, 3.63) is 41.6 Å². The summed E-state index contributed by atoms with van der Waals surface area (Å²) < 4.78 is 5.21. The molecule has 0 unspecified atom stereocenters. The van der Waals surface area contributed by atoms with Crippen LogP contribution in [0, 0.1) is 6.92 Å². The van der Waals surface area contributed by atoms with Gasteiger partial charge in [0, 0.05) is 18.2 Å². The van der Waals surface area contributed by atoms with E-state index in [0.717, 1.165) is 43.1 Å². The molecule has 3 heterocycles.